The van der Waals surface area contributed by atoms with E-state index in [0.717, 1.165) is 48.5 Å². The molecule has 2 aromatic carbocycles. The van der Waals surface area contributed by atoms with E-state index in [4.69, 9.17) is 9.47 Å². The van der Waals surface area contributed by atoms with Crippen LogP contribution >= 0.6 is 0 Å². The standard InChI is InChI=1S/C18H14F6O4/c19-17(20,21)11-5-1-9(2-6-11)13-15(25)28-14(16(26)27-13)10-3-7-12(8-4-10)18(22,23)24/h1-8,13-16,25-26H. The molecule has 0 aromatic heterocycles. The van der Waals surface area contributed by atoms with Gasteiger partial charge in [0.05, 0.1) is 11.1 Å². The number of aliphatic hydroxyl groups excluding tert-OH is 2. The zero-order valence-corrected chi connectivity index (χ0v) is 13.9. The van der Waals surface area contributed by atoms with Gasteiger partial charge >= 0.3 is 12.4 Å². The molecule has 1 fully saturated rings. The minimum atomic E-state index is -4.53. The van der Waals surface area contributed by atoms with Crippen molar-refractivity contribution in [1.29, 1.82) is 0 Å². The van der Waals surface area contributed by atoms with Gasteiger partial charge in [-0.05, 0) is 35.4 Å². The molecule has 0 saturated carbocycles. The van der Waals surface area contributed by atoms with Gasteiger partial charge in [-0.1, -0.05) is 24.3 Å². The van der Waals surface area contributed by atoms with Crippen molar-refractivity contribution >= 4 is 0 Å². The maximum atomic E-state index is 12.6. The Kier molecular flexibility index (Phi) is 5.41. The summed E-state index contributed by atoms with van der Waals surface area (Å²) in [6, 6.07) is 7.46. The predicted molar refractivity (Wildman–Crippen MR) is 82.6 cm³/mol. The number of rotatable bonds is 2. The SMILES string of the molecule is OC1OC(c2ccc(C(F)(F)F)cc2)C(O)OC1c1ccc(C(F)(F)F)cc1. The van der Waals surface area contributed by atoms with Gasteiger partial charge in [0.15, 0.2) is 12.6 Å². The molecule has 1 aliphatic rings. The number of hydrogen-bond donors (Lipinski definition) is 2. The Morgan fingerprint density at radius 3 is 1.11 bits per heavy atom. The van der Waals surface area contributed by atoms with Crippen LogP contribution in [0.3, 0.4) is 0 Å². The molecule has 0 amide bonds. The van der Waals surface area contributed by atoms with E-state index in [1.54, 1.807) is 0 Å². The zero-order valence-electron chi connectivity index (χ0n) is 13.9. The largest absolute Gasteiger partial charge is 0.416 e. The minimum Gasteiger partial charge on any atom is -0.366 e. The first kappa shape index (κ1) is 20.6. The van der Waals surface area contributed by atoms with Gasteiger partial charge in [0, 0.05) is 0 Å². The molecule has 2 aromatic rings. The third-order valence-electron chi connectivity index (χ3n) is 4.22. The Hall–Kier alpha value is -2.14. The molecule has 3 rings (SSSR count). The van der Waals surface area contributed by atoms with E-state index >= 15 is 0 Å². The van der Waals surface area contributed by atoms with Gasteiger partial charge < -0.3 is 19.7 Å². The molecule has 28 heavy (non-hydrogen) atoms. The molecule has 4 unspecified atom stereocenters. The first-order chi connectivity index (χ1) is 13.0. The Bertz CT molecular complexity index is 731. The van der Waals surface area contributed by atoms with Crippen LogP contribution in [0.25, 0.3) is 0 Å². The van der Waals surface area contributed by atoms with E-state index in [-0.39, 0.29) is 11.1 Å². The average molecular weight is 408 g/mol. The van der Waals surface area contributed by atoms with E-state index in [1.165, 1.54) is 0 Å². The van der Waals surface area contributed by atoms with Gasteiger partial charge in [0.2, 0.25) is 0 Å². The summed E-state index contributed by atoms with van der Waals surface area (Å²) in [5.74, 6) is 0. The van der Waals surface area contributed by atoms with E-state index in [0.29, 0.717) is 0 Å². The maximum absolute atomic E-state index is 12.6. The van der Waals surface area contributed by atoms with Crippen molar-refractivity contribution in [3.8, 4) is 0 Å². The van der Waals surface area contributed by atoms with Crippen molar-refractivity contribution in [2.45, 2.75) is 37.1 Å². The van der Waals surface area contributed by atoms with Gasteiger partial charge in [-0.3, -0.25) is 0 Å². The molecular formula is C18H14F6O4. The first-order valence-corrected chi connectivity index (χ1v) is 7.98. The molecule has 4 nitrogen and oxygen atoms in total. The summed E-state index contributed by atoms with van der Waals surface area (Å²) >= 11 is 0. The highest BCUT2D eigenvalue weighted by Gasteiger charge is 2.40. The van der Waals surface area contributed by atoms with E-state index in [1.807, 2.05) is 0 Å². The van der Waals surface area contributed by atoms with Crippen LogP contribution in [0.4, 0.5) is 26.3 Å². The topological polar surface area (TPSA) is 58.9 Å². The highest BCUT2D eigenvalue weighted by atomic mass is 19.4. The number of alkyl halides is 6. The number of benzene rings is 2. The average Bonchev–Trinajstić information content (AvgIpc) is 2.62. The van der Waals surface area contributed by atoms with Gasteiger partial charge in [-0.15, -0.1) is 0 Å². The summed E-state index contributed by atoms with van der Waals surface area (Å²) in [4.78, 5) is 0. The summed E-state index contributed by atoms with van der Waals surface area (Å²) in [5.41, 5.74) is -1.54. The normalized spacial score (nSPS) is 26.3. The molecule has 1 aliphatic heterocycles. The molecule has 152 valence electrons. The molecule has 2 N–H and O–H groups in total. The lowest BCUT2D eigenvalue weighted by Crippen LogP contribution is -2.40. The maximum Gasteiger partial charge on any atom is 0.416 e. The lowest BCUT2D eigenvalue weighted by Gasteiger charge is -2.37. The first-order valence-electron chi connectivity index (χ1n) is 7.98. The van der Waals surface area contributed by atoms with E-state index in [2.05, 4.69) is 0 Å². The smallest absolute Gasteiger partial charge is 0.366 e. The van der Waals surface area contributed by atoms with Gasteiger partial charge in [-0.25, -0.2) is 0 Å². The lowest BCUT2D eigenvalue weighted by molar-refractivity contribution is -0.336. The molecule has 0 aliphatic carbocycles. The van der Waals surface area contributed by atoms with Crippen molar-refractivity contribution in [3.63, 3.8) is 0 Å². The Balaban J connectivity index is 1.75. The second-order valence-corrected chi connectivity index (χ2v) is 6.13. The Morgan fingerprint density at radius 1 is 0.571 bits per heavy atom. The fraction of sp³-hybridized carbons (Fsp3) is 0.333. The van der Waals surface area contributed by atoms with Crippen LogP contribution in [0.1, 0.15) is 34.5 Å². The van der Waals surface area contributed by atoms with Crippen LogP contribution in [0.5, 0.6) is 0 Å². The molecule has 0 radical (unpaired) electrons. The van der Waals surface area contributed by atoms with Gasteiger partial charge in [-0.2, -0.15) is 26.3 Å². The van der Waals surface area contributed by atoms with Crippen molar-refractivity contribution < 1.29 is 46.0 Å². The van der Waals surface area contributed by atoms with E-state index < -0.39 is 48.3 Å². The van der Waals surface area contributed by atoms with Crippen molar-refractivity contribution in [2.75, 3.05) is 0 Å². The molecule has 1 heterocycles. The van der Waals surface area contributed by atoms with E-state index in [9.17, 15) is 36.6 Å². The van der Waals surface area contributed by atoms with Crippen LogP contribution < -0.4 is 0 Å². The van der Waals surface area contributed by atoms with Crippen LogP contribution in [0, 0.1) is 0 Å². The Labute approximate surface area is 154 Å². The quantitative estimate of drug-likeness (QED) is 0.732. The monoisotopic (exact) mass is 408 g/mol. The third-order valence-corrected chi connectivity index (χ3v) is 4.22. The minimum absolute atomic E-state index is 0.130. The molecule has 0 spiro atoms. The Morgan fingerprint density at radius 2 is 0.857 bits per heavy atom. The molecule has 0 bridgehead atoms. The predicted octanol–water partition coefficient (Wildman–Crippen LogP) is 4.19. The number of halogens is 6. The summed E-state index contributed by atoms with van der Waals surface area (Å²) in [7, 11) is 0. The van der Waals surface area contributed by atoms with Crippen LogP contribution in [0.2, 0.25) is 0 Å². The van der Waals surface area contributed by atoms with Crippen LogP contribution in [-0.4, -0.2) is 22.8 Å². The fourth-order valence-electron chi connectivity index (χ4n) is 2.79. The summed E-state index contributed by atoms with van der Waals surface area (Å²) < 4.78 is 86.3. The van der Waals surface area contributed by atoms with Gasteiger partial charge in [0.1, 0.15) is 12.2 Å². The zero-order chi connectivity index (χ0) is 20.7. The van der Waals surface area contributed by atoms with Crippen molar-refractivity contribution in [2.24, 2.45) is 0 Å². The summed E-state index contributed by atoms with van der Waals surface area (Å²) in [5, 5.41) is 20.2. The summed E-state index contributed by atoms with van der Waals surface area (Å²) in [6.07, 6.45) is -14.9. The van der Waals surface area contributed by atoms with Crippen molar-refractivity contribution in [1.82, 2.24) is 0 Å². The second-order valence-electron chi connectivity index (χ2n) is 6.13. The van der Waals surface area contributed by atoms with Crippen LogP contribution in [0.15, 0.2) is 48.5 Å². The third kappa shape index (κ3) is 4.30. The van der Waals surface area contributed by atoms with Crippen LogP contribution in [-0.2, 0) is 21.8 Å². The number of hydrogen-bond acceptors (Lipinski definition) is 4. The molecular weight excluding hydrogens is 394 g/mol. The molecule has 1 saturated heterocycles. The summed E-state index contributed by atoms with van der Waals surface area (Å²) in [6.45, 7) is 0. The highest BCUT2D eigenvalue weighted by molar-refractivity contribution is 5.28. The number of ether oxygens (including phenoxy) is 2. The fourth-order valence-corrected chi connectivity index (χ4v) is 2.79. The highest BCUT2D eigenvalue weighted by Crippen LogP contribution is 2.39. The lowest BCUT2D eigenvalue weighted by atomic mass is 10.0. The van der Waals surface area contributed by atoms with Crippen molar-refractivity contribution in [3.05, 3.63) is 70.8 Å². The molecule has 10 heteroatoms. The molecule has 4 atom stereocenters. The van der Waals surface area contributed by atoms with Gasteiger partial charge in [0.25, 0.3) is 0 Å². The number of aliphatic hydroxyl groups is 2. The second kappa shape index (κ2) is 7.36.